The molecule has 0 atom stereocenters. The van der Waals surface area contributed by atoms with Crippen molar-refractivity contribution in [2.24, 2.45) is 5.10 Å². The van der Waals surface area contributed by atoms with Gasteiger partial charge in [-0.1, -0.05) is 12.1 Å². The largest absolute Gasteiger partial charge is 0.434 e. The van der Waals surface area contributed by atoms with Gasteiger partial charge < -0.3 is 9.72 Å². The van der Waals surface area contributed by atoms with Crippen LogP contribution in [0, 0.1) is 18.6 Å². The Kier molecular flexibility index (Phi) is 4.94. The molecule has 134 valence electrons. The molecule has 0 amide bonds. The monoisotopic (exact) mass is 375 g/mol. The van der Waals surface area contributed by atoms with E-state index >= 15 is 0 Å². The smallest absolute Gasteiger partial charge is 0.387 e. The van der Waals surface area contributed by atoms with Crippen molar-refractivity contribution in [2.75, 3.05) is 0 Å². The van der Waals surface area contributed by atoms with E-state index < -0.39 is 6.61 Å². The van der Waals surface area contributed by atoms with Crippen molar-refractivity contribution in [3.05, 3.63) is 68.2 Å². The Labute approximate surface area is 152 Å². The number of aryl methyl sites for hydroxylation is 2. The number of nitrogens with one attached hydrogen (secondary N) is 1. The fraction of sp³-hybridized carbons (Fsp3) is 0.167. The molecule has 0 fully saturated rings. The van der Waals surface area contributed by atoms with Crippen LogP contribution in [0.25, 0.3) is 10.9 Å². The van der Waals surface area contributed by atoms with Gasteiger partial charge in [-0.15, -0.1) is 0 Å². The number of ether oxygens (including phenoxy) is 1. The van der Waals surface area contributed by atoms with E-state index in [0.29, 0.717) is 27.6 Å². The first-order valence-corrected chi connectivity index (χ1v) is 8.12. The maximum atomic E-state index is 12.5. The molecule has 0 saturated carbocycles. The fourth-order valence-corrected chi connectivity index (χ4v) is 2.96. The average molecular weight is 375 g/mol. The summed E-state index contributed by atoms with van der Waals surface area (Å²) in [5, 5.41) is 4.62. The van der Waals surface area contributed by atoms with Gasteiger partial charge in [-0.25, -0.2) is 0 Å². The highest BCUT2D eigenvalue weighted by Gasteiger charge is 2.11. The summed E-state index contributed by atoms with van der Waals surface area (Å²) in [6.45, 7) is 0.439. The van der Waals surface area contributed by atoms with E-state index in [1.807, 2.05) is 0 Å². The molecule has 0 bridgehead atoms. The number of rotatable bonds is 4. The minimum absolute atomic E-state index is 0.136. The van der Waals surface area contributed by atoms with Crippen molar-refractivity contribution in [3.63, 3.8) is 0 Å². The summed E-state index contributed by atoms with van der Waals surface area (Å²) in [5.41, 5.74) is 2.02. The molecule has 5 nitrogen and oxygen atoms in total. The Morgan fingerprint density at radius 3 is 2.54 bits per heavy atom. The molecule has 1 aromatic heterocycles. The zero-order chi connectivity index (χ0) is 18.8. The lowest BCUT2D eigenvalue weighted by atomic mass is 10.1. The fourth-order valence-electron chi connectivity index (χ4n) is 2.72. The van der Waals surface area contributed by atoms with E-state index in [1.165, 1.54) is 6.21 Å². The van der Waals surface area contributed by atoms with Gasteiger partial charge in [0.15, 0.2) is 0 Å². The molecular weight excluding hydrogens is 360 g/mol. The molecule has 0 aliphatic heterocycles. The van der Waals surface area contributed by atoms with Crippen LogP contribution in [0.15, 0.2) is 46.3 Å². The molecule has 3 rings (SSSR count). The number of alkyl halides is 2. The number of H-pyrrole nitrogens is 1. The predicted molar refractivity (Wildman–Crippen MR) is 98.9 cm³/mol. The molecule has 8 heteroatoms. The predicted octanol–water partition coefficient (Wildman–Crippen LogP) is 4.16. The van der Waals surface area contributed by atoms with Crippen LogP contribution in [0.2, 0.25) is 0 Å². The number of halogens is 2. The van der Waals surface area contributed by atoms with Gasteiger partial charge in [0.05, 0.1) is 17.1 Å². The molecule has 0 unspecified atom stereocenters. The lowest BCUT2D eigenvalue weighted by Crippen LogP contribution is -2.18. The van der Waals surface area contributed by atoms with Gasteiger partial charge in [0.1, 0.15) is 5.75 Å². The molecule has 1 N–H and O–H groups in total. The van der Waals surface area contributed by atoms with Crippen LogP contribution in [0.3, 0.4) is 0 Å². The third-order valence-electron chi connectivity index (χ3n) is 3.80. The third kappa shape index (κ3) is 3.55. The van der Waals surface area contributed by atoms with Crippen LogP contribution >= 0.6 is 12.2 Å². The van der Waals surface area contributed by atoms with Gasteiger partial charge in [-0.2, -0.15) is 18.6 Å². The minimum atomic E-state index is -2.89. The summed E-state index contributed by atoms with van der Waals surface area (Å²) < 4.78 is 30.7. The second kappa shape index (κ2) is 7.17. The zero-order valence-electron chi connectivity index (χ0n) is 14.0. The van der Waals surface area contributed by atoms with Crippen LogP contribution in [0.1, 0.15) is 16.7 Å². The number of benzene rings is 2. The van der Waals surface area contributed by atoms with E-state index in [0.717, 1.165) is 4.68 Å². The van der Waals surface area contributed by atoms with Gasteiger partial charge >= 0.3 is 6.61 Å². The summed E-state index contributed by atoms with van der Waals surface area (Å²) in [5.74, 6) is 0.136. The highest BCUT2D eigenvalue weighted by molar-refractivity contribution is 7.71. The number of hydrogen-bond acceptors (Lipinski definition) is 4. The summed E-state index contributed by atoms with van der Waals surface area (Å²) in [6, 6.07) is 10.3. The van der Waals surface area contributed by atoms with Crippen molar-refractivity contribution >= 4 is 29.3 Å². The average Bonchev–Trinajstić information content (AvgIpc) is 2.58. The van der Waals surface area contributed by atoms with Gasteiger partial charge in [-0.3, -0.25) is 4.79 Å². The SMILES string of the molecule is Cc1cc(/C=N\n2c(=S)[nH]c3ccccc3c2=O)cc(C)c1OC(F)F. The molecule has 0 spiro atoms. The van der Waals surface area contributed by atoms with Gasteiger partial charge in [0.2, 0.25) is 4.77 Å². The van der Waals surface area contributed by atoms with Crippen LogP contribution < -0.4 is 10.3 Å². The maximum absolute atomic E-state index is 12.5. The Morgan fingerprint density at radius 1 is 1.23 bits per heavy atom. The number of fused-ring (bicyclic) bond motifs is 1. The topological polar surface area (TPSA) is 59.4 Å². The van der Waals surface area contributed by atoms with Gasteiger partial charge in [-0.05, 0) is 67.0 Å². The number of hydrogen-bond donors (Lipinski definition) is 1. The Morgan fingerprint density at radius 2 is 1.88 bits per heavy atom. The summed E-state index contributed by atoms with van der Waals surface area (Å²) >= 11 is 5.19. The third-order valence-corrected chi connectivity index (χ3v) is 4.07. The van der Waals surface area contributed by atoms with Crippen molar-refractivity contribution in [1.82, 2.24) is 9.66 Å². The van der Waals surface area contributed by atoms with Crippen LogP contribution in [-0.4, -0.2) is 22.5 Å². The minimum Gasteiger partial charge on any atom is -0.434 e. The number of aromatic amines is 1. The van der Waals surface area contributed by atoms with Crippen molar-refractivity contribution in [1.29, 1.82) is 0 Å². The van der Waals surface area contributed by atoms with Crippen LogP contribution in [-0.2, 0) is 0 Å². The first-order valence-electron chi connectivity index (χ1n) is 7.71. The highest BCUT2D eigenvalue weighted by atomic mass is 32.1. The Balaban J connectivity index is 2.02. The van der Waals surface area contributed by atoms with Crippen LogP contribution in [0.5, 0.6) is 5.75 Å². The maximum Gasteiger partial charge on any atom is 0.387 e. The normalized spacial score (nSPS) is 11.6. The molecule has 1 heterocycles. The number of aromatic nitrogens is 2. The molecule has 0 aliphatic rings. The van der Waals surface area contributed by atoms with Crippen LogP contribution in [0.4, 0.5) is 8.78 Å². The number of para-hydroxylation sites is 1. The van der Waals surface area contributed by atoms with E-state index in [2.05, 4.69) is 14.8 Å². The molecule has 0 radical (unpaired) electrons. The van der Waals surface area contributed by atoms with E-state index in [4.69, 9.17) is 12.2 Å². The van der Waals surface area contributed by atoms with Gasteiger partial charge in [0, 0.05) is 0 Å². The molecule has 0 saturated heterocycles. The summed E-state index contributed by atoms with van der Waals surface area (Å²) in [4.78, 5) is 15.5. The first kappa shape index (κ1) is 17.9. The van der Waals surface area contributed by atoms with E-state index in [1.54, 1.807) is 50.2 Å². The number of nitrogens with zero attached hydrogens (tertiary/aromatic N) is 2. The summed E-state index contributed by atoms with van der Waals surface area (Å²) in [7, 11) is 0. The molecule has 0 aliphatic carbocycles. The second-order valence-electron chi connectivity index (χ2n) is 5.70. The second-order valence-corrected chi connectivity index (χ2v) is 6.09. The molecule has 26 heavy (non-hydrogen) atoms. The summed E-state index contributed by atoms with van der Waals surface area (Å²) in [6.07, 6.45) is 1.45. The van der Waals surface area contributed by atoms with E-state index in [9.17, 15) is 13.6 Å². The first-order chi connectivity index (χ1) is 12.4. The van der Waals surface area contributed by atoms with Crippen molar-refractivity contribution in [3.8, 4) is 5.75 Å². The van der Waals surface area contributed by atoms with Crippen molar-refractivity contribution in [2.45, 2.75) is 20.5 Å². The quantitative estimate of drug-likeness (QED) is 0.550. The van der Waals surface area contributed by atoms with Crippen molar-refractivity contribution < 1.29 is 13.5 Å². The zero-order valence-corrected chi connectivity index (χ0v) is 14.8. The highest BCUT2D eigenvalue weighted by Crippen LogP contribution is 2.25. The lowest BCUT2D eigenvalue weighted by Gasteiger charge is -2.11. The standard InChI is InChI=1S/C18H15F2N3O2S/c1-10-7-12(8-11(2)15(10)25-17(19)20)9-21-23-16(24)13-5-3-4-6-14(13)22-18(23)26/h3-9,17H,1-2H3,(H,22,26)/b21-9-. The lowest BCUT2D eigenvalue weighted by molar-refractivity contribution is -0.0507. The Hall–Kier alpha value is -2.87. The molecule has 2 aromatic carbocycles. The van der Waals surface area contributed by atoms with E-state index in [-0.39, 0.29) is 16.1 Å². The molecular formula is C18H15F2N3O2S. The Bertz CT molecular complexity index is 1100. The molecule has 3 aromatic rings. The van der Waals surface area contributed by atoms with Gasteiger partial charge in [0.25, 0.3) is 5.56 Å².